The van der Waals surface area contributed by atoms with Gasteiger partial charge in [-0.15, -0.1) is 0 Å². The number of benzene rings is 1. The third-order valence-corrected chi connectivity index (χ3v) is 8.70. The molecule has 2 fully saturated rings. The van der Waals surface area contributed by atoms with E-state index < -0.39 is 22.6 Å². The summed E-state index contributed by atoms with van der Waals surface area (Å²) in [6.45, 7) is 2.51. The number of pyridine rings is 1. The Balaban J connectivity index is 1.41. The van der Waals surface area contributed by atoms with Gasteiger partial charge in [-0.05, 0) is 67.4 Å². The number of methoxy groups -OCH3 is 1. The Labute approximate surface area is 218 Å². The van der Waals surface area contributed by atoms with E-state index in [9.17, 15) is 13.0 Å². The van der Waals surface area contributed by atoms with Crippen molar-refractivity contribution in [2.24, 2.45) is 16.1 Å². The summed E-state index contributed by atoms with van der Waals surface area (Å²) in [4.78, 5) is 11.6. The number of ether oxygens (including phenoxy) is 1. The predicted octanol–water partition coefficient (Wildman–Crippen LogP) is 4.08. The van der Waals surface area contributed by atoms with Crippen molar-refractivity contribution in [3.05, 3.63) is 72.0 Å². The first-order valence-corrected chi connectivity index (χ1v) is 13.5. The van der Waals surface area contributed by atoms with Gasteiger partial charge in [0, 0.05) is 44.9 Å². The second kappa shape index (κ2) is 10.8. The van der Waals surface area contributed by atoms with Crippen LogP contribution in [0.2, 0.25) is 0 Å². The van der Waals surface area contributed by atoms with Crippen LogP contribution in [0, 0.1) is 11.2 Å². The van der Waals surface area contributed by atoms with Gasteiger partial charge in [-0.3, -0.25) is 4.98 Å². The Morgan fingerprint density at radius 1 is 1.30 bits per heavy atom. The largest absolute Gasteiger partial charge is 0.404 e. The van der Waals surface area contributed by atoms with E-state index in [1.165, 1.54) is 17.7 Å². The number of nitrogens with zero attached hydrogens (tertiary/aromatic N) is 4. The van der Waals surface area contributed by atoms with Gasteiger partial charge in [-0.25, -0.2) is 22.3 Å². The number of aromatic nitrogens is 1. The zero-order valence-corrected chi connectivity index (χ0v) is 21.6. The molecule has 1 aliphatic carbocycles. The number of anilines is 1. The maximum atomic E-state index is 13.7. The minimum absolute atomic E-state index is 0.312. The number of hydrogen-bond donors (Lipinski definition) is 1. The smallest absolute Gasteiger partial charge is 0.129 e. The van der Waals surface area contributed by atoms with E-state index in [0.29, 0.717) is 62.6 Å². The maximum Gasteiger partial charge on any atom is 0.129 e. The fourth-order valence-electron chi connectivity index (χ4n) is 5.42. The van der Waals surface area contributed by atoms with Gasteiger partial charge in [-0.1, -0.05) is 5.57 Å². The van der Waals surface area contributed by atoms with Crippen LogP contribution in [0.15, 0.2) is 76.0 Å². The van der Waals surface area contributed by atoms with Crippen LogP contribution < -0.4 is 10.6 Å². The molecule has 2 N–H and O–H groups in total. The zero-order valence-electron chi connectivity index (χ0n) is 20.8. The number of nitrogens with two attached hydrogens (primary N) is 1. The van der Waals surface area contributed by atoms with Crippen molar-refractivity contribution < 1.29 is 17.7 Å². The summed E-state index contributed by atoms with van der Waals surface area (Å²) in [5.41, 5.74) is 9.85. The van der Waals surface area contributed by atoms with Gasteiger partial charge in [0.1, 0.15) is 23.0 Å². The number of hydrogen-bond acceptors (Lipinski definition) is 6. The third kappa shape index (κ3) is 5.37. The summed E-state index contributed by atoms with van der Waals surface area (Å²) in [6, 6.07) is 7.89. The molecule has 2 aromatic rings. The lowest BCUT2D eigenvalue weighted by molar-refractivity contribution is 0.0747. The summed E-state index contributed by atoms with van der Waals surface area (Å²) in [6.07, 6.45) is 7.86. The Bertz CT molecular complexity index is 1270. The first-order valence-electron chi connectivity index (χ1n) is 12.4. The quantitative estimate of drug-likeness (QED) is 0.612. The summed E-state index contributed by atoms with van der Waals surface area (Å²) in [5, 5.41) is 0. The van der Waals surface area contributed by atoms with Gasteiger partial charge >= 0.3 is 0 Å². The van der Waals surface area contributed by atoms with Crippen molar-refractivity contribution in [2.75, 3.05) is 44.8 Å². The average Bonchev–Trinajstić information content (AvgIpc) is 3.35. The van der Waals surface area contributed by atoms with E-state index in [2.05, 4.69) is 4.98 Å². The lowest BCUT2D eigenvalue weighted by Crippen LogP contribution is -2.49. The monoisotopic (exact) mass is 527 g/mol. The normalized spacial score (nSPS) is 27.4. The minimum Gasteiger partial charge on any atom is -0.404 e. The molecule has 5 rings (SSSR count). The van der Waals surface area contributed by atoms with Gasteiger partial charge in [0.05, 0.1) is 34.8 Å². The lowest BCUT2D eigenvalue weighted by atomic mass is 9.68. The lowest BCUT2D eigenvalue weighted by Gasteiger charge is -2.46. The fraction of sp³-hybridized carbons (Fsp3) is 0.407. The van der Waals surface area contributed by atoms with E-state index in [1.807, 2.05) is 21.3 Å². The molecule has 1 unspecified atom stereocenters. The predicted molar refractivity (Wildman–Crippen MR) is 141 cm³/mol. The first-order chi connectivity index (χ1) is 17.9. The van der Waals surface area contributed by atoms with Gasteiger partial charge in [0.15, 0.2) is 0 Å². The second-order valence-corrected chi connectivity index (χ2v) is 11.3. The molecule has 3 aliphatic rings. The van der Waals surface area contributed by atoms with Crippen molar-refractivity contribution in [1.82, 2.24) is 9.29 Å². The van der Waals surface area contributed by atoms with Crippen LogP contribution in [0.5, 0.6) is 0 Å². The van der Waals surface area contributed by atoms with Crippen LogP contribution in [0.4, 0.5) is 20.2 Å². The number of fused-ring (bicyclic) bond motifs is 1. The highest BCUT2D eigenvalue weighted by atomic mass is 32.2. The van der Waals surface area contributed by atoms with Crippen LogP contribution >= 0.6 is 0 Å². The second-order valence-electron chi connectivity index (χ2n) is 9.80. The molecule has 0 radical (unpaired) electrons. The standard InChI is InChI=1S/C27H31F2N5O2S/c1-36-18-27-12-19(13-30)26(32-23-4-2-21(28)3-5-23)10-20(27)6-9-34(17-27)37(35)25-11-24(14-31-15-25)33-8-7-22(29)16-33/h2-5,10-11,13-15,22H,6-9,12,16-18,30H2,1H3/t22-,27-,37?/m1/s1. The molecular formula is C27H31F2N5O2S. The Morgan fingerprint density at radius 3 is 2.81 bits per heavy atom. The fourth-order valence-corrected chi connectivity index (χ4v) is 6.72. The van der Waals surface area contributed by atoms with Crippen molar-refractivity contribution in [3.8, 4) is 0 Å². The van der Waals surface area contributed by atoms with E-state index in [0.717, 1.165) is 17.0 Å². The van der Waals surface area contributed by atoms with Crippen LogP contribution in [-0.4, -0.2) is 65.3 Å². The molecule has 196 valence electrons. The maximum absolute atomic E-state index is 13.7. The number of alkyl halides is 1. The molecule has 37 heavy (non-hydrogen) atoms. The van der Waals surface area contributed by atoms with Gasteiger partial charge in [0.25, 0.3) is 0 Å². The van der Waals surface area contributed by atoms with E-state index in [1.54, 1.807) is 37.8 Å². The van der Waals surface area contributed by atoms with Crippen molar-refractivity contribution in [2.45, 2.75) is 30.3 Å². The molecule has 1 aromatic heterocycles. The molecule has 2 aliphatic heterocycles. The summed E-state index contributed by atoms with van der Waals surface area (Å²) >= 11 is 0. The molecule has 10 heteroatoms. The molecular weight excluding hydrogens is 496 g/mol. The zero-order chi connectivity index (χ0) is 26.0. The van der Waals surface area contributed by atoms with E-state index in [4.69, 9.17) is 15.5 Å². The molecule has 0 spiro atoms. The first kappa shape index (κ1) is 25.7. The summed E-state index contributed by atoms with van der Waals surface area (Å²) < 4.78 is 48.4. The summed E-state index contributed by atoms with van der Waals surface area (Å²) in [5.74, 6) is -0.312. The number of aliphatic imine (C=N–C) groups is 1. The Kier molecular flexibility index (Phi) is 7.50. The molecule has 0 amide bonds. The van der Waals surface area contributed by atoms with Crippen molar-refractivity contribution in [1.29, 1.82) is 0 Å². The minimum atomic E-state index is -1.44. The van der Waals surface area contributed by atoms with Gasteiger partial charge < -0.3 is 15.4 Å². The number of allylic oxidation sites excluding steroid dienone is 2. The van der Waals surface area contributed by atoms with Crippen LogP contribution in [-0.2, 0) is 15.7 Å². The summed E-state index contributed by atoms with van der Waals surface area (Å²) in [7, 11) is 0.226. The Hall–Kier alpha value is -2.95. The molecule has 3 atom stereocenters. The molecule has 3 heterocycles. The number of halogens is 2. The molecule has 0 saturated carbocycles. The third-order valence-electron chi connectivity index (χ3n) is 7.29. The van der Waals surface area contributed by atoms with Crippen molar-refractivity contribution in [3.63, 3.8) is 0 Å². The number of rotatable bonds is 6. The molecule has 2 saturated heterocycles. The van der Waals surface area contributed by atoms with Crippen LogP contribution in [0.1, 0.15) is 19.3 Å². The van der Waals surface area contributed by atoms with Gasteiger partial charge in [0.2, 0.25) is 0 Å². The molecule has 1 aromatic carbocycles. The van der Waals surface area contributed by atoms with Gasteiger partial charge in [-0.2, -0.15) is 0 Å². The molecule has 7 nitrogen and oxygen atoms in total. The highest BCUT2D eigenvalue weighted by molar-refractivity contribution is 7.82. The topological polar surface area (TPSA) is 84.0 Å². The average molecular weight is 528 g/mol. The highest BCUT2D eigenvalue weighted by Crippen LogP contribution is 2.45. The number of piperidine rings is 1. The van der Waals surface area contributed by atoms with Crippen molar-refractivity contribution >= 4 is 28.1 Å². The highest BCUT2D eigenvalue weighted by Gasteiger charge is 2.44. The van der Waals surface area contributed by atoms with E-state index >= 15 is 0 Å². The Morgan fingerprint density at radius 2 is 2.11 bits per heavy atom. The van der Waals surface area contributed by atoms with Crippen LogP contribution in [0.25, 0.3) is 0 Å². The molecule has 0 bridgehead atoms. The SMILES string of the molecule is COC[C@]12CC(=CN)C(=Nc3ccc(F)cc3)C=C1CCN(S(=O)c1cncc(N3CC[C@@H](F)C3)c1)C2. The van der Waals surface area contributed by atoms with E-state index in [-0.39, 0.29) is 5.82 Å². The van der Waals surface area contributed by atoms with Crippen LogP contribution in [0.3, 0.4) is 0 Å².